The lowest BCUT2D eigenvalue weighted by Gasteiger charge is -2.13. The zero-order valence-corrected chi connectivity index (χ0v) is 11.1. The molecule has 0 aliphatic carbocycles. The Morgan fingerprint density at radius 2 is 2.24 bits per heavy atom. The molecule has 0 saturated carbocycles. The van der Waals surface area contributed by atoms with E-state index in [9.17, 15) is 4.39 Å². The van der Waals surface area contributed by atoms with E-state index in [2.05, 4.69) is 12.2 Å². The molecule has 0 radical (unpaired) electrons. The molecular weight excluding hydrogens is 241 g/mol. The third-order valence-electron chi connectivity index (χ3n) is 2.75. The van der Waals surface area contributed by atoms with Crippen LogP contribution < -0.4 is 10.1 Å². The summed E-state index contributed by atoms with van der Waals surface area (Å²) in [6.07, 6.45) is 3.02. The van der Waals surface area contributed by atoms with Crippen LogP contribution in [0.25, 0.3) is 0 Å². The molecule has 0 spiro atoms. The van der Waals surface area contributed by atoms with Crippen molar-refractivity contribution in [3.8, 4) is 5.75 Å². The fourth-order valence-corrected chi connectivity index (χ4v) is 1.82. The second-order valence-electron chi connectivity index (χ2n) is 3.96. The highest BCUT2D eigenvalue weighted by atomic mass is 35.5. The van der Waals surface area contributed by atoms with E-state index >= 15 is 0 Å². The summed E-state index contributed by atoms with van der Waals surface area (Å²) in [6, 6.07) is 4.96. The lowest BCUT2D eigenvalue weighted by Crippen LogP contribution is -2.24. The minimum Gasteiger partial charge on any atom is -0.491 e. The Hall–Kier alpha value is -0.800. The van der Waals surface area contributed by atoms with E-state index in [4.69, 9.17) is 16.3 Å². The van der Waals surface area contributed by atoms with Gasteiger partial charge in [-0.3, -0.25) is 0 Å². The highest BCUT2D eigenvalue weighted by Gasteiger charge is 2.05. The van der Waals surface area contributed by atoms with Crippen LogP contribution in [0.15, 0.2) is 18.2 Å². The summed E-state index contributed by atoms with van der Waals surface area (Å²) in [7, 11) is 1.95. The second-order valence-corrected chi connectivity index (χ2v) is 4.40. The number of halogens is 2. The van der Waals surface area contributed by atoms with Crippen LogP contribution in [-0.2, 0) is 0 Å². The van der Waals surface area contributed by atoms with Gasteiger partial charge < -0.3 is 10.1 Å². The first kappa shape index (κ1) is 14.3. The molecular formula is C13H19ClFNO. The zero-order valence-electron chi connectivity index (χ0n) is 10.3. The van der Waals surface area contributed by atoms with E-state index in [0.717, 1.165) is 19.3 Å². The van der Waals surface area contributed by atoms with Gasteiger partial charge in [-0.1, -0.05) is 18.5 Å². The van der Waals surface area contributed by atoms with Crippen LogP contribution in [0.5, 0.6) is 5.75 Å². The summed E-state index contributed by atoms with van der Waals surface area (Å²) in [5, 5.41) is 3.61. The Morgan fingerprint density at radius 1 is 1.47 bits per heavy atom. The number of rotatable bonds is 7. The highest BCUT2D eigenvalue weighted by Crippen LogP contribution is 2.21. The zero-order chi connectivity index (χ0) is 12.7. The summed E-state index contributed by atoms with van der Waals surface area (Å²) in [6.45, 7) is 2.66. The Kier molecular flexibility index (Phi) is 6.30. The first-order chi connectivity index (χ1) is 8.17. The van der Waals surface area contributed by atoms with Crippen molar-refractivity contribution in [2.75, 3.05) is 13.7 Å². The van der Waals surface area contributed by atoms with Gasteiger partial charge in [0.1, 0.15) is 0 Å². The maximum atomic E-state index is 13.3. The molecule has 0 heterocycles. The van der Waals surface area contributed by atoms with E-state index in [1.165, 1.54) is 6.07 Å². The Morgan fingerprint density at radius 3 is 2.82 bits per heavy atom. The summed E-state index contributed by atoms with van der Waals surface area (Å²) >= 11 is 5.65. The van der Waals surface area contributed by atoms with Crippen molar-refractivity contribution in [1.82, 2.24) is 5.32 Å². The number of ether oxygens (including phenoxy) is 1. The summed E-state index contributed by atoms with van der Waals surface area (Å²) in [5.74, 6) is -0.134. The van der Waals surface area contributed by atoms with Gasteiger partial charge in [0.05, 0.1) is 6.61 Å². The van der Waals surface area contributed by atoms with Crippen LogP contribution in [0.4, 0.5) is 4.39 Å². The van der Waals surface area contributed by atoms with Crippen LogP contribution in [0.1, 0.15) is 26.2 Å². The molecule has 1 N–H and O–H groups in total. The summed E-state index contributed by atoms with van der Waals surface area (Å²) in [4.78, 5) is 0. The van der Waals surface area contributed by atoms with Crippen molar-refractivity contribution in [2.24, 2.45) is 0 Å². The maximum absolute atomic E-state index is 13.3. The Labute approximate surface area is 107 Å². The molecule has 1 aromatic rings. The average Bonchev–Trinajstić information content (AvgIpc) is 2.32. The van der Waals surface area contributed by atoms with Crippen LogP contribution in [-0.4, -0.2) is 19.7 Å². The molecule has 1 atom stereocenters. The molecule has 0 aromatic heterocycles. The van der Waals surface area contributed by atoms with Gasteiger partial charge in [-0.2, -0.15) is 0 Å². The predicted octanol–water partition coefficient (Wildman–Crippen LogP) is 3.64. The highest BCUT2D eigenvalue weighted by molar-refractivity contribution is 6.30. The lowest BCUT2D eigenvalue weighted by molar-refractivity contribution is 0.283. The van der Waals surface area contributed by atoms with E-state index in [1.54, 1.807) is 12.1 Å². The predicted molar refractivity (Wildman–Crippen MR) is 69.3 cm³/mol. The molecule has 1 rings (SSSR count). The Balaban J connectivity index is 2.31. The van der Waals surface area contributed by atoms with Crippen LogP contribution in [0, 0.1) is 5.82 Å². The molecule has 0 aliphatic rings. The number of nitrogens with one attached hydrogen (secondary N) is 1. The fraction of sp³-hybridized carbons (Fsp3) is 0.538. The fourth-order valence-electron chi connectivity index (χ4n) is 1.66. The molecule has 4 heteroatoms. The van der Waals surface area contributed by atoms with Crippen molar-refractivity contribution in [2.45, 2.75) is 32.2 Å². The van der Waals surface area contributed by atoms with Gasteiger partial charge >= 0.3 is 0 Å². The van der Waals surface area contributed by atoms with Gasteiger partial charge in [0, 0.05) is 11.1 Å². The first-order valence-electron chi connectivity index (χ1n) is 5.92. The van der Waals surface area contributed by atoms with E-state index in [1.807, 2.05) is 7.05 Å². The van der Waals surface area contributed by atoms with Crippen molar-refractivity contribution >= 4 is 11.6 Å². The second kappa shape index (κ2) is 7.51. The van der Waals surface area contributed by atoms with Crippen molar-refractivity contribution in [3.05, 3.63) is 29.0 Å². The average molecular weight is 260 g/mol. The van der Waals surface area contributed by atoms with Crippen molar-refractivity contribution < 1.29 is 9.13 Å². The van der Waals surface area contributed by atoms with E-state index in [0.29, 0.717) is 17.7 Å². The summed E-state index contributed by atoms with van der Waals surface area (Å²) < 4.78 is 18.7. The molecule has 0 fully saturated rings. The molecule has 2 nitrogen and oxygen atoms in total. The molecule has 0 aliphatic heterocycles. The van der Waals surface area contributed by atoms with Gasteiger partial charge in [0.25, 0.3) is 0 Å². The molecule has 0 bridgehead atoms. The van der Waals surface area contributed by atoms with Crippen LogP contribution in [0.2, 0.25) is 5.02 Å². The maximum Gasteiger partial charge on any atom is 0.166 e. The quantitative estimate of drug-likeness (QED) is 0.755. The monoisotopic (exact) mass is 259 g/mol. The Bertz CT molecular complexity index is 342. The minimum atomic E-state index is -0.404. The third-order valence-corrected chi connectivity index (χ3v) is 2.98. The smallest absolute Gasteiger partial charge is 0.166 e. The topological polar surface area (TPSA) is 21.3 Å². The molecule has 96 valence electrons. The molecule has 1 unspecified atom stereocenters. The number of hydrogen-bond donors (Lipinski definition) is 1. The standard InChI is InChI=1S/C13H19ClFNO/c1-3-11(16-2)5-4-8-17-13-7-6-10(14)9-12(13)15/h6-7,9,11,16H,3-5,8H2,1-2H3. The normalized spacial score (nSPS) is 12.5. The third kappa shape index (κ3) is 4.92. The molecule has 0 saturated heterocycles. The van der Waals surface area contributed by atoms with Gasteiger partial charge in [0.15, 0.2) is 11.6 Å². The van der Waals surface area contributed by atoms with Gasteiger partial charge in [-0.05, 0) is 44.5 Å². The lowest BCUT2D eigenvalue weighted by atomic mass is 10.1. The van der Waals surface area contributed by atoms with Gasteiger partial charge in [-0.15, -0.1) is 0 Å². The SMILES string of the molecule is CCC(CCCOc1ccc(Cl)cc1F)NC. The molecule has 1 aromatic carbocycles. The van der Waals surface area contributed by atoms with Crippen molar-refractivity contribution in [1.29, 1.82) is 0 Å². The van der Waals surface area contributed by atoms with E-state index in [-0.39, 0.29) is 5.75 Å². The molecule has 17 heavy (non-hydrogen) atoms. The number of hydrogen-bond acceptors (Lipinski definition) is 2. The minimum absolute atomic E-state index is 0.270. The number of benzene rings is 1. The molecule has 0 amide bonds. The van der Waals surface area contributed by atoms with Crippen LogP contribution >= 0.6 is 11.6 Å². The van der Waals surface area contributed by atoms with Crippen molar-refractivity contribution in [3.63, 3.8) is 0 Å². The first-order valence-corrected chi connectivity index (χ1v) is 6.30. The van der Waals surface area contributed by atoms with Gasteiger partial charge in [-0.25, -0.2) is 4.39 Å². The largest absolute Gasteiger partial charge is 0.491 e. The summed E-state index contributed by atoms with van der Waals surface area (Å²) in [5.41, 5.74) is 0. The van der Waals surface area contributed by atoms with Gasteiger partial charge in [0.2, 0.25) is 0 Å². The van der Waals surface area contributed by atoms with E-state index < -0.39 is 5.82 Å². The van der Waals surface area contributed by atoms with Crippen LogP contribution in [0.3, 0.4) is 0 Å².